The summed E-state index contributed by atoms with van der Waals surface area (Å²) in [5.74, 6) is -1.33. The summed E-state index contributed by atoms with van der Waals surface area (Å²) in [5, 5.41) is 38.2. The molecular formula is C44H54AcN4O9. The summed E-state index contributed by atoms with van der Waals surface area (Å²) in [6, 6.07) is 10.1. The van der Waals surface area contributed by atoms with Crippen LogP contribution in [0.3, 0.4) is 0 Å². The Morgan fingerprint density at radius 2 is 1.74 bits per heavy atom. The number of aliphatic hydroxyl groups is 3. The second kappa shape index (κ2) is 14.7. The Balaban J connectivity index is 0.00000469. The second-order valence-corrected chi connectivity index (χ2v) is 17.5. The Morgan fingerprint density at radius 1 is 0.983 bits per heavy atom. The maximum atomic E-state index is 15.2. The molecule has 9 rings (SSSR count). The topological polar surface area (TPSA) is 165 Å². The van der Waals surface area contributed by atoms with Gasteiger partial charge in [-0.3, -0.25) is 19.4 Å². The molecule has 2 aromatic carbocycles. The van der Waals surface area contributed by atoms with E-state index in [1.165, 1.54) is 26.2 Å². The molecule has 1 saturated carbocycles. The number of benzene rings is 2. The largest absolute Gasteiger partial charge is 0.496 e. The number of H-pyrrole nitrogens is 1. The number of para-hydroxylation sites is 1. The monoisotopic (exact) mass is 1010 g/mol. The van der Waals surface area contributed by atoms with E-state index in [9.17, 15) is 24.9 Å². The van der Waals surface area contributed by atoms with Gasteiger partial charge in [0, 0.05) is 115 Å². The number of ether oxygens (including phenoxy) is 3. The molecule has 307 valence electrons. The van der Waals surface area contributed by atoms with Crippen molar-refractivity contribution in [1.82, 2.24) is 14.8 Å². The standard InChI is InChI=1S/C44H54N4O9.Ac/c1-6-40(53)21-26-22-43(38(51)56-4,34-28(13-17-46(23-26)24-40)27-11-8-9-12-31(27)45-34)30-19-29-32(20-33(30)55-3)48(25-49)36-42(29)15-18-47-16-10-14-41(7-2,35(42)47)37(50)44(36,54)39(52)57-5;/h8-12,14,19-20,25-26,35-37,45,50,53-54H,6-7,13,15-18,21-24H2,1-5H3;/t26?,35-,36+,37+,40-,41+,42+,43-,44-;/m0./s1. The molecule has 58 heavy (non-hydrogen) atoms. The number of hydrogen-bond acceptors (Lipinski definition) is 11. The van der Waals surface area contributed by atoms with E-state index in [-0.39, 0.29) is 56.4 Å². The number of anilines is 1. The Bertz CT molecular complexity index is 2200. The molecule has 1 radical (unpaired) electrons. The van der Waals surface area contributed by atoms with E-state index >= 15 is 4.79 Å². The fraction of sp³-hybridized carbons (Fsp3) is 0.568. The number of nitrogens with one attached hydrogen (secondary N) is 1. The van der Waals surface area contributed by atoms with E-state index in [1.807, 2.05) is 50.3 Å². The van der Waals surface area contributed by atoms with Crippen molar-refractivity contribution in [2.45, 2.75) is 92.6 Å². The second-order valence-electron chi connectivity index (χ2n) is 17.5. The van der Waals surface area contributed by atoms with Crippen molar-refractivity contribution in [3.63, 3.8) is 0 Å². The van der Waals surface area contributed by atoms with Crippen LogP contribution in [-0.2, 0) is 41.1 Å². The Kier molecular flexibility index (Phi) is 10.6. The molecule has 3 aromatic rings. The number of aromatic nitrogens is 1. The van der Waals surface area contributed by atoms with E-state index in [0.29, 0.717) is 99.5 Å². The number of aromatic amines is 1. The molecule has 3 fully saturated rings. The van der Waals surface area contributed by atoms with Crippen LogP contribution in [0.15, 0.2) is 48.6 Å². The SMILES string of the molecule is CC[C@]1(O)CC2CN(CCc3c([nH]c4ccccc34)[C@@](C(=O)OC)(c3cc4c(cc3OC)N(C=O)[C@H]3[C@@](O)(C(=O)OC)[C@H](O)[C@]5(CC)C=CCN6CC[C@]43[C@@H]65)C2)C1.[Ac]. The normalized spacial score (nSPS) is 37.2. The fourth-order valence-electron chi connectivity index (χ4n) is 13.0. The van der Waals surface area contributed by atoms with Gasteiger partial charge in [0.2, 0.25) is 12.0 Å². The minimum absolute atomic E-state index is 0. The van der Waals surface area contributed by atoms with Gasteiger partial charge in [-0.25, -0.2) is 4.79 Å². The number of aliphatic hydroxyl groups excluding tert-OH is 1. The van der Waals surface area contributed by atoms with Gasteiger partial charge < -0.3 is 39.4 Å². The van der Waals surface area contributed by atoms with Crippen LogP contribution in [0, 0.1) is 55.4 Å². The first kappa shape index (κ1) is 41.9. The van der Waals surface area contributed by atoms with Crippen molar-refractivity contribution >= 4 is 34.9 Å². The first-order chi connectivity index (χ1) is 27.4. The molecule has 14 heteroatoms. The van der Waals surface area contributed by atoms with E-state index in [0.717, 1.165) is 16.5 Å². The van der Waals surface area contributed by atoms with Gasteiger partial charge in [0.05, 0.1) is 38.7 Å². The van der Waals surface area contributed by atoms with E-state index in [2.05, 4.69) is 20.9 Å². The van der Waals surface area contributed by atoms with Crippen molar-refractivity contribution in [3.8, 4) is 5.75 Å². The number of methoxy groups -OCH3 is 3. The van der Waals surface area contributed by atoms with Gasteiger partial charge in [0.25, 0.3) is 0 Å². The van der Waals surface area contributed by atoms with Crippen LogP contribution in [0.4, 0.5) is 5.69 Å². The molecule has 5 aliphatic heterocycles. The zero-order chi connectivity index (χ0) is 40.3. The Labute approximate surface area is 374 Å². The quantitative estimate of drug-likeness (QED) is 0.156. The zero-order valence-electron chi connectivity index (χ0n) is 34.0. The van der Waals surface area contributed by atoms with Crippen molar-refractivity contribution in [1.29, 1.82) is 0 Å². The van der Waals surface area contributed by atoms with Crippen LogP contribution >= 0.6 is 0 Å². The smallest absolute Gasteiger partial charge is 0.342 e. The molecule has 1 aliphatic carbocycles. The summed E-state index contributed by atoms with van der Waals surface area (Å²) in [6.07, 6.45) is 5.71. The molecule has 1 amide bonds. The van der Waals surface area contributed by atoms with Gasteiger partial charge >= 0.3 is 11.9 Å². The number of amides is 1. The third-order valence-corrected chi connectivity index (χ3v) is 15.3. The molecule has 1 spiro atoms. The van der Waals surface area contributed by atoms with E-state index < -0.39 is 57.6 Å². The number of hydrogen-bond donors (Lipinski definition) is 4. The number of fused-ring (bicyclic) bond motifs is 6. The maximum absolute atomic E-state index is 15.2. The first-order valence-corrected chi connectivity index (χ1v) is 20.4. The fourth-order valence-corrected chi connectivity index (χ4v) is 13.0. The molecule has 4 N–H and O–H groups in total. The van der Waals surface area contributed by atoms with E-state index in [4.69, 9.17) is 14.2 Å². The minimum atomic E-state index is -2.52. The number of rotatable bonds is 7. The summed E-state index contributed by atoms with van der Waals surface area (Å²) in [7, 11) is 4.11. The third-order valence-electron chi connectivity index (χ3n) is 15.3. The number of nitrogens with zero attached hydrogens (tertiary/aromatic N) is 3. The average Bonchev–Trinajstić information content (AvgIpc) is 3.90. The van der Waals surface area contributed by atoms with Gasteiger partial charge in [-0.1, -0.05) is 44.2 Å². The molecule has 2 saturated heterocycles. The van der Waals surface area contributed by atoms with Gasteiger partial charge in [-0.15, -0.1) is 0 Å². The molecule has 10 atom stereocenters. The Hall–Kier alpha value is -2.83. The summed E-state index contributed by atoms with van der Waals surface area (Å²) in [5.41, 5.74) is -2.95. The van der Waals surface area contributed by atoms with Crippen LogP contribution in [0.1, 0.15) is 68.3 Å². The van der Waals surface area contributed by atoms with Crippen LogP contribution < -0.4 is 9.64 Å². The molecule has 1 aromatic heterocycles. The molecule has 2 unspecified atom stereocenters. The first-order valence-electron chi connectivity index (χ1n) is 20.4. The van der Waals surface area contributed by atoms with E-state index in [1.54, 1.807) is 6.07 Å². The van der Waals surface area contributed by atoms with Crippen molar-refractivity contribution < 1.29 is 88.0 Å². The summed E-state index contributed by atoms with van der Waals surface area (Å²) in [4.78, 5) is 52.5. The van der Waals surface area contributed by atoms with Crippen molar-refractivity contribution in [2.75, 3.05) is 59.0 Å². The summed E-state index contributed by atoms with van der Waals surface area (Å²) in [6.45, 7) is 7.01. The zero-order valence-corrected chi connectivity index (χ0v) is 38.7. The molecule has 2 bridgehead atoms. The predicted octanol–water partition coefficient (Wildman–Crippen LogP) is 2.95. The number of esters is 2. The molecule has 13 nitrogen and oxygen atoms in total. The van der Waals surface area contributed by atoms with Gasteiger partial charge in [-0.05, 0) is 74.2 Å². The predicted molar refractivity (Wildman–Crippen MR) is 211 cm³/mol. The number of carbonyl (C=O) groups is 3. The van der Waals surface area contributed by atoms with Crippen molar-refractivity contribution in [3.05, 3.63) is 70.9 Å². The summed E-state index contributed by atoms with van der Waals surface area (Å²) < 4.78 is 17.4. The minimum Gasteiger partial charge on any atom is -0.496 e. The summed E-state index contributed by atoms with van der Waals surface area (Å²) >= 11 is 0. The van der Waals surface area contributed by atoms with Crippen LogP contribution in [0.2, 0.25) is 0 Å². The average molecular weight is 1010 g/mol. The Morgan fingerprint density at radius 3 is 2.43 bits per heavy atom. The molecular weight excluding hydrogens is 956 g/mol. The maximum Gasteiger partial charge on any atom is 0.342 e. The molecule has 6 aliphatic rings. The van der Waals surface area contributed by atoms with Gasteiger partial charge in [0.1, 0.15) is 17.3 Å². The van der Waals surface area contributed by atoms with Gasteiger partial charge in [-0.2, -0.15) is 0 Å². The van der Waals surface area contributed by atoms with Crippen LogP contribution in [0.25, 0.3) is 10.9 Å². The number of carbonyl (C=O) groups excluding carboxylic acids is 3. The third kappa shape index (κ3) is 5.30. The van der Waals surface area contributed by atoms with Crippen LogP contribution in [-0.4, -0.2) is 132 Å². The van der Waals surface area contributed by atoms with Crippen LogP contribution in [0.5, 0.6) is 5.75 Å². The van der Waals surface area contributed by atoms with Crippen molar-refractivity contribution in [2.24, 2.45) is 11.3 Å². The van der Waals surface area contributed by atoms with Gasteiger partial charge in [0.15, 0.2) is 0 Å². The number of piperidine rings is 1. The molecule has 6 heterocycles.